The van der Waals surface area contributed by atoms with Gasteiger partial charge in [0.1, 0.15) is 0 Å². The molecule has 0 aliphatic heterocycles. The number of hydrogen-bond donors (Lipinski definition) is 4. The van der Waals surface area contributed by atoms with Crippen molar-refractivity contribution in [2.45, 2.75) is 26.1 Å². The van der Waals surface area contributed by atoms with E-state index in [4.69, 9.17) is 0 Å². The summed E-state index contributed by atoms with van der Waals surface area (Å²) in [6.45, 7) is 3.19. The molecule has 0 fully saturated rings. The molecule has 0 aliphatic carbocycles. The van der Waals surface area contributed by atoms with Gasteiger partial charge in [-0.2, -0.15) is 13.2 Å². The van der Waals surface area contributed by atoms with Crippen LogP contribution >= 0.6 is 0 Å². The van der Waals surface area contributed by atoms with Crippen molar-refractivity contribution >= 4 is 23.3 Å². The predicted octanol–water partition coefficient (Wildman–Crippen LogP) is 3.97. The molecule has 0 aromatic heterocycles. The fraction of sp³-hybridized carbons (Fsp3) is 0.300. The van der Waals surface area contributed by atoms with Gasteiger partial charge in [-0.15, -0.1) is 0 Å². The second-order valence-electron chi connectivity index (χ2n) is 6.36. The molecule has 0 aliphatic rings. The largest absolute Gasteiger partial charge is 0.416 e. The van der Waals surface area contributed by atoms with E-state index in [0.29, 0.717) is 26.1 Å². The quantitative estimate of drug-likeness (QED) is 0.499. The molecule has 9 heteroatoms. The number of carbonyl (C=O) groups is 2. The lowest BCUT2D eigenvalue weighted by Gasteiger charge is -2.10. The third-order valence-electron chi connectivity index (χ3n) is 3.89. The lowest BCUT2D eigenvalue weighted by atomic mass is 10.2. The Morgan fingerprint density at radius 2 is 1.45 bits per heavy atom. The van der Waals surface area contributed by atoms with Crippen LogP contribution in [0.25, 0.3) is 0 Å². The molecule has 0 unspecified atom stereocenters. The van der Waals surface area contributed by atoms with E-state index in [9.17, 15) is 22.8 Å². The molecule has 3 amide bonds. The summed E-state index contributed by atoms with van der Waals surface area (Å²) in [7, 11) is 0. The highest BCUT2D eigenvalue weighted by atomic mass is 19.4. The first-order valence-electron chi connectivity index (χ1n) is 9.03. The molecule has 0 heterocycles. The van der Waals surface area contributed by atoms with Crippen LogP contribution in [0.2, 0.25) is 0 Å². The Balaban J connectivity index is 1.60. The maximum atomic E-state index is 12.5. The fourth-order valence-electron chi connectivity index (χ4n) is 2.48. The number of urea groups is 1. The topological polar surface area (TPSA) is 82.3 Å². The van der Waals surface area contributed by atoms with Crippen LogP contribution in [0, 0.1) is 0 Å². The second kappa shape index (κ2) is 10.5. The minimum Gasteiger partial charge on any atom is -0.338 e. The van der Waals surface area contributed by atoms with Gasteiger partial charge in [0, 0.05) is 31.4 Å². The average Bonchev–Trinajstić information content (AvgIpc) is 2.65. The number of hydrogen-bond acceptors (Lipinski definition) is 3. The van der Waals surface area contributed by atoms with Crippen LogP contribution in [-0.2, 0) is 17.5 Å². The summed E-state index contributed by atoms with van der Waals surface area (Å²) >= 11 is 0. The Morgan fingerprint density at radius 1 is 0.862 bits per heavy atom. The SMILES string of the molecule is CC(=O)Nc1ccc(CNCCCNC(=O)Nc2ccc(C(F)(F)F)cc2)cc1. The van der Waals surface area contributed by atoms with Gasteiger partial charge in [-0.1, -0.05) is 12.1 Å². The lowest BCUT2D eigenvalue weighted by Crippen LogP contribution is -2.31. The molecule has 0 radical (unpaired) electrons. The summed E-state index contributed by atoms with van der Waals surface area (Å²) in [5.41, 5.74) is 1.33. The van der Waals surface area contributed by atoms with Crippen LogP contribution in [0.5, 0.6) is 0 Å². The van der Waals surface area contributed by atoms with Gasteiger partial charge in [0.2, 0.25) is 5.91 Å². The van der Waals surface area contributed by atoms with Crippen molar-refractivity contribution in [3.05, 3.63) is 59.7 Å². The molecule has 0 saturated carbocycles. The third kappa shape index (κ3) is 8.22. The van der Waals surface area contributed by atoms with Gasteiger partial charge < -0.3 is 21.3 Å². The normalized spacial score (nSPS) is 11.0. The zero-order valence-corrected chi connectivity index (χ0v) is 15.9. The molecule has 156 valence electrons. The molecule has 0 bridgehead atoms. The summed E-state index contributed by atoms with van der Waals surface area (Å²) in [4.78, 5) is 22.7. The highest BCUT2D eigenvalue weighted by Crippen LogP contribution is 2.29. The van der Waals surface area contributed by atoms with Gasteiger partial charge in [0.25, 0.3) is 0 Å². The standard InChI is InChI=1S/C20H23F3N4O2/c1-14(28)26-17-7-3-15(4-8-17)13-24-11-2-12-25-19(29)27-18-9-5-16(6-10-18)20(21,22)23/h3-10,24H,2,11-13H2,1H3,(H,26,28)(H2,25,27,29). The molecule has 2 aromatic rings. The Kier molecular flexibility index (Phi) is 8.02. The average molecular weight is 408 g/mol. The van der Waals surface area contributed by atoms with Crippen LogP contribution in [0.4, 0.5) is 29.3 Å². The van der Waals surface area contributed by atoms with Crippen LogP contribution < -0.4 is 21.3 Å². The molecule has 0 atom stereocenters. The van der Waals surface area contributed by atoms with Gasteiger partial charge in [-0.05, 0) is 54.9 Å². The predicted molar refractivity (Wildman–Crippen MR) is 106 cm³/mol. The van der Waals surface area contributed by atoms with Crippen LogP contribution in [0.3, 0.4) is 0 Å². The lowest BCUT2D eigenvalue weighted by molar-refractivity contribution is -0.137. The highest BCUT2D eigenvalue weighted by Gasteiger charge is 2.29. The maximum Gasteiger partial charge on any atom is 0.416 e. The zero-order valence-electron chi connectivity index (χ0n) is 15.9. The van der Waals surface area contributed by atoms with E-state index in [2.05, 4.69) is 21.3 Å². The van der Waals surface area contributed by atoms with Crippen molar-refractivity contribution in [3.63, 3.8) is 0 Å². The number of amides is 3. The monoisotopic (exact) mass is 408 g/mol. The minimum atomic E-state index is -4.40. The van der Waals surface area contributed by atoms with E-state index in [1.165, 1.54) is 19.1 Å². The maximum absolute atomic E-state index is 12.5. The number of nitrogens with one attached hydrogen (secondary N) is 4. The molecule has 0 saturated heterocycles. The van der Waals surface area contributed by atoms with E-state index in [0.717, 1.165) is 23.4 Å². The Labute approximate surface area is 166 Å². The van der Waals surface area contributed by atoms with Crippen LogP contribution in [0.15, 0.2) is 48.5 Å². The van der Waals surface area contributed by atoms with Crippen molar-refractivity contribution < 1.29 is 22.8 Å². The number of alkyl halides is 3. The highest BCUT2D eigenvalue weighted by molar-refractivity contribution is 5.89. The first kappa shape index (κ1) is 22.2. The molecular weight excluding hydrogens is 385 g/mol. The first-order valence-corrected chi connectivity index (χ1v) is 9.03. The Bertz CT molecular complexity index is 806. The molecular formula is C20H23F3N4O2. The molecule has 6 nitrogen and oxygen atoms in total. The summed E-state index contributed by atoms with van der Waals surface area (Å²) in [5, 5.41) is 11.1. The summed E-state index contributed by atoms with van der Waals surface area (Å²) in [6.07, 6.45) is -3.72. The van der Waals surface area contributed by atoms with Crippen LogP contribution in [-0.4, -0.2) is 25.0 Å². The summed E-state index contributed by atoms with van der Waals surface area (Å²) in [6, 6.07) is 11.3. The van der Waals surface area contributed by atoms with E-state index in [1.54, 1.807) is 0 Å². The number of carbonyl (C=O) groups excluding carboxylic acids is 2. The molecule has 2 aromatic carbocycles. The van der Waals surface area contributed by atoms with Gasteiger partial charge >= 0.3 is 12.2 Å². The van der Waals surface area contributed by atoms with Gasteiger partial charge in [-0.3, -0.25) is 4.79 Å². The van der Waals surface area contributed by atoms with Crippen molar-refractivity contribution in [2.75, 3.05) is 23.7 Å². The van der Waals surface area contributed by atoms with Crippen molar-refractivity contribution in [3.8, 4) is 0 Å². The molecule has 0 spiro atoms. The fourth-order valence-corrected chi connectivity index (χ4v) is 2.48. The van der Waals surface area contributed by atoms with Crippen LogP contribution in [0.1, 0.15) is 24.5 Å². The van der Waals surface area contributed by atoms with Gasteiger partial charge in [-0.25, -0.2) is 4.79 Å². The number of anilines is 2. The Morgan fingerprint density at radius 3 is 2.03 bits per heavy atom. The molecule has 2 rings (SSSR count). The van der Waals surface area contributed by atoms with Gasteiger partial charge in [0.05, 0.1) is 5.56 Å². The van der Waals surface area contributed by atoms with E-state index < -0.39 is 17.8 Å². The third-order valence-corrected chi connectivity index (χ3v) is 3.89. The summed E-state index contributed by atoms with van der Waals surface area (Å²) < 4.78 is 37.5. The van der Waals surface area contributed by atoms with E-state index in [-0.39, 0.29) is 11.6 Å². The molecule has 4 N–H and O–H groups in total. The van der Waals surface area contributed by atoms with Gasteiger partial charge in [0.15, 0.2) is 0 Å². The first-order chi connectivity index (χ1) is 13.7. The Hall–Kier alpha value is -3.07. The van der Waals surface area contributed by atoms with E-state index in [1.807, 2.05) is 24.3 Å². The van der Waals surface area contributed by atoms with Crippen molar-refractivity contribution in [1.29, 1.82) is 0 Å². The smallest absolute Gasteiger partial charge is 0.338 e. The number of rotatable bonds is 8. The number of benzene rings is 2. The number of halogens is 3. The minimum absolute atomic E-state index is 0.120. The summed E-state index contributed by atoms with van der Waals surface area (Å²) in [5.74, 6) is -0.120. The second-order valence-corrected chi connectivity index (χ2v) is 6.36. The van der Waals surface area contributed by atoms with Crippen molar-refractivity contribution in [1.82, 2.24) is 10.6 Å². The van der Waals surface area contributed by atoms with E-state index >= 15 is 0 Å². The zero-order chi connectivity index (χ0) is 21.3. The van der Waals surface area contributed by atoms with Crippen molar-refractivity contribution in [2.24, 2.45) is 0 Å². The molecule has 29 heavy (non-hydrogen) atoms.